The van der Waals surface area contributed by atoms with Crippen molar-refractivity contribution in [2.75, 3.05) is 18.2 Å². The standard InChI is InChI=1S/C34H40N4O3/c1-7-12-19-27(10-4)31(29(11-5)28(16-8-2)23-35-6)38-25-36(21-9-3)34(40)32-33(30(39)20-22-37(32)38)41-24-26-17-14-13-15-18-26/h7,9-15,17-20,22-23,31H,3-4,6,8,16,21,24-25H2,1-2,5H3/b12-7-,27-19+,28-23-,29-11+. The zero-order valence-corrected chi connectivity index (χ0v) is 24.3. The van der Waals surface area contributed by atoms with Gasteiger partial charge in [0.1, 0.15) is 13.3 Å². The molecule has 7 heteroatoms. The number of benzene rings is 1. The summed E-state index contributed by atoms with van der Waals surface area (Å²) in [7, 11) is 0. The summed E-state index contributed by atoms with van der Waals surface area (Å²) in [6, 6.07) is 10.6. The largest absolute Gasteiger partial charge is 0.482 e. The number of amides is 1. The van der Waals surface area contributed by atoms with Crippen LogP contribution in [0.2, 0.25) is 0 Å². The Labute approximate surface area is 243 Å². The maximum Gasteiger partial charge on any atom is 0.278 e. The summed E-state index contributed by atoms with van der Waals surface area (Å²) in [5.41, 5.74) is 3.63. The van der Waals surface area contributed by atoms with Crippen molar-refractivity contribution in [1.29, 1.82) is 0 Å². The molecule has 41 heavy (non-hydrogen) atoms. The Balaban J connectivity index is 2.30. The number of aliphatic imine (C=N–C) groups is 1. The number of allylic oxidation sites excluding steroid dienone is 4. The van der Waals surface area contributed by atoms with Gasteiger partial charge >= 0.3 is 0 Å². The molecule has 0 fully saturated rings. The molecule has 3 rings (SSSR count). The molecule has 1 aliphatic rings. The van der Waals surface area contributed by atoms with Gasteiger partial charge in [0.15, 0.2) is 11.4 Å². The maximum atomic E-state index is 13.9. The fourth-order valence-electron chi connectivity index (χ4n) is 4.92. The Bertz CT molecular complexity index is 1430. The monoisotopic (exact) mass is 552 g/mol. The van der Waals surface area contributed by atoms with E-state index < -0.39 is 0 Å². The number of hydrogen-bond acceptors (Lipinski definition) is 5. The summed E-state index contributed by atoms with van der Waals surface area (Å²) in [6.07, 6.45) is 16.6. The van der Waals surface area contributed by atoms with Crippen LogP contribution in [-0.4, -0.2) is 41.5 Å². The van der Waals surface area contributed by atoms with Gasteiger partial charge in [0.2, 0.25) is 5.43 Å². The summed E-state index contributed by atoms with van der Waals surface area (Å²) in [5.74, 6) is -0.298. The van der Waals surface area contributed by atoms with Gasteiger partial charge in [0.25, 0.3) is 5.91 Å². The van der Waals surface area contributed by atoms with Crippen molar-refractivity contribution in [1.82, 2.24) is 9.58 Å². The number of nitrogens with zero attached hydrogens (tertiary/aromatic N) is 4. The minimum atomic E-state index is -0.378. The van der Waals surface area contributed by atoms with E-state index in [2.05, 4.69) is 37.9 Å². The maximum absolute atomic E-state index is 13.9. The summed E-state index contributed by atoms with van der Waals surface area (Å²) >= 11 is 0. The lowest BCUT2D eigenvalue weighted by Gasteiger charge is -2.45. The van der Waals surface area contributed by atoms with E-state index in [4.69, 9.17) is 4.74 Å². The summed E-state index contributed by atoms with van der Waals surface area (Å²) in [5, 5.41) is 2.05. The van der Waals surface area contributed by atoms with Gasteiger partial charge in [0, 0.05) is 25.0 Å². The van der Waals surface area contributed by atoms with Gasteiger partial charge in [-0.3, -0.25) is 24.3 Å². The lowest BCUT2D eigenvalue weighted by atomic mass is 9.89. The topological polar surface area (TPSA) is 67.1 Å². The van der Waals surface area contributed by atoms with E-state index in [1.807, 2.05) is 73.5 Å². The Hall–Kier alpha value is -4.65. The second-order valence-corrected chi connectivity index (χ2v) is 9.50. The third kappa shape index (κ3) is 7.11. The van der Waals surface area contributed by atoms with Crippen molar-refractivity contribution in [3.63, 3.8) is 0 Å². The molecule has 0 saturated heterocycles. The van der Waals surface area contributed by atoms with Gasteiger partial charge in [0.05, 0.1) is 6.04 Å². The van der Waals surface area contributed by atoms with Crippen LogP contribution >= 0.6 is 0 Å². The van der Waals surface area contributed by atoms with Crippen molar-refractivity contribution in [2.24, 2.45) is 4.99 Å². The first-order chi connectivity index (χ1) is 19.9. The Morgan fingerprint density at radius 2 is 1.90 bits per heavy atom. The third-order valence-electron chi connectivity index (χ3n) is 6.77. The molecule has 2 heterocycles. The van der Waals surface area contributed by atoms with E-state index in [0.717, 1.165) is 35.1 Å². The molecule has 1 unspecified atom stereocenters. The second-order valence-electron chi connectivity index (χ2n) is 9.50. The molecule has 1 atom stereocenters. The van der Waals surface area contributed by atoms with Crippen molar-refractivity contribution >= 4 is 12.6 Å². The average Bonchev–Trinajstić information content (AvgIpc) is 2.98. The van der Waals surface area contributed by atoms with Crippen LogP contribution in [0.25, 0.3) is 0 Å². The second kappa shape index (κ2) is 15.2. The van der Waals surface area contributed by atoms with Crippen molar-refractivity contribution in [2.45, 2.75) is 46.3 Å². The molecule has 1 aliphatic heterocycles. The van der Waals surface area contributed by atoms with Crippen LogP contribution in [0, 0.1) is 0 Å². The van der Waals surface area contributed by atoms with E-state index in [0.29, 0.717) is 6.54 Å². The number of hydrogen-bond donors (Lipinski definition) is 0. The minimum absolute atomic E-state index is 0.00978. The highest BCUT2D eigenvalue weighted by atomic mass is 16.5. The molecule has 0 radical (unpaired) electrons. The van der Waals surface area contributed by atoms with E-state index in [-0.39, 0.29) is 42.1 Å². The quantitative estimate of drug-likeness (QED) is 0.156. The number of rotatable bonds is 14. The van der Waals surface area contributed by atoms with Crippen LogP contribution in [0.1, 0.15) is 49.7 Å². The zero-order valence-electron chi connectivity index (χ0n) is 24.3. The number of carbonyl (C=O) groups excluding carboxylic acids is 1. The van der Waals surface area contributed by atoms with Crippen molar-refractivity contribution in [3.05, 3.63) is 137 Å². The van der Waals surface area contributed by atoms with Crippen LogP contribution in [0.15, 0.2) is 125 Å². The minimum Gasteiger partial charge on any atom is -0.482 e. The van der Waals surface area contributed by atoms with E-state index in [9.17, 15) is 9.59 Å². The number of ether oxygens (including phenoxy) is 1. The van der Waals surface area contributed by atoms with Gasteiger partial charge in [-0.2, -0.15) is 0 Å². The lowest BCUT2D eigenvalue weighted by molar-refractivity contribution is 0.0701. The molecule has 1 amide bonds. The van der Waals surface area contributed by atoms with Crippen molar-refractivity contribution < 1.29 is 9.53 Å². The van der Waals surface area contributed by atoms with Crippen LogP contribution in [0.5, 0.6) is 5.75 Å². The molecule has 0 bridgehead atoms. The molecule has 7 nitrogen and oxygen atoms in total. The van der Waals surface area contributed by atoms with E-state index >= 15 is 0 Å². The third-order valence-corrected chi connectivity index (χ3v) is 6.77. The van der Waals surface area contributed by atoms with E-state index in [1.54, 1.807) is 28.0 Å². The molecule has 2 aromatic rings. The van der Waals surface area contributed by atoms with Gasteiger partial charge in [-0.15, -0.1) is 6.58 Å². The van der Waals surface area contributed by atoms with Gasteiger partial charge < -0.3 is 9.64 Å². The van der Waals surface area contributed by atoms with Crippen LogP contribution in [0.3, 0.4) is 0 Å². The molecule has 0 saturated carbocycles. The van der Waals surface area contributed by atoms with Crippen LogP contribution < -0.4 is 15.2 Å². The number of aromatic nitrogens is 1. The molecule has 214 valence electrons. The number of pyridine rings is 1. The smallest absolute Gasteiger partial charge is 0.278 e. The molecule has 1 aromatic carbocycles. The SMILES string of the molecule is C=CCN1CN(C(/C(C=C)=C/C=C\C)C(=C/C)/C(=C\N=C)CCC)n2ccc(=O)c(OCc3ccccc3)c2C1=O. The van der Waals surface area contributed by atoms with Gasteiger partial charge in [-0.1, -0.05) is 86.7 Å². The Kier molecular flexibility index (Phi) is 11.5. The van der Waals surface area contributed by atoms with E-state index in [1.165, 1.54) is 6.07 Å². The highest BCUT2D eigenvalue weighted by Gasteiger charge is 2.37. The molecule has 0 spiro atoms. The first-order valence-corrected chi connectivity index (χ1v) is 13.8. The molecular weight excluding hydrogens is 512 g/mol. The molecule has 1 aromatic heterocycles. The van der Waals surface area contributed by atoms with Crippen LogP contribution in [-0.2, 0) is 6.61 Å². The Morgan fingerprint density at radius 3 is 2.51 bits per heavy atom. The fraction of sp³-hybridized carbons (Fsp3) is 0.265. The highest BCUT2D eigenvalue weighted by molar-refractivity contribution is 5.96. The molecule has 0 aliphatic carbocycles. The Morgan fingerprint density at radius 1 is 1.15 bits per heavy atom. The van der Waals surface area contributed by atoms with Gasteiger partial charge in [-0.05, 0) is 49.3 Å². The molecular formula is C34H40N4O3. The number of carbonyl (C=O) groups is 1. The first kappa shape index (κ1) is 30.9. The predicted octanol–water partition coefficient (Wildman–Crippen LogP) is 6.35. The number of fused-ring (bicyclic) bond motifs is 1. The summed E-state index contributed by atoms with van der Waals surface area (Å²) in [4.78, 5) is 32.8. The molecule has 0 N–H and O–H groups in total. The lowest BCUT2D eigenvalue weighted by Crippen LogP contribution is -2.59. The fourth-order valence-corrected chi connectivity index (χ4v) is 4.92. The van der Waals surface area contributed by atoms with Crippen molar-refractivity contribution in [3.8, 4) is 5.75 Å². The zero-order chi connectivity index (χ0) is 29.8. The van der Waals surface area contributed by atoms with Gasteiger partial charge in [-0.25, -0.2) is 0 Å². The first-order valence-electron chi connectivity index (χ1n) is 13.8. The average molecular weight is 553 g/mol. The van der Waals surface area contributed by atoms with Crippen LogP contribution in [0.4, 0.5) is 0 Å². The normalized spacial score (nSPS) is 15.1. The summed E-state index contributed by atoms with van der Waals surface area (Å²) in [6.45, 7) is 18.4. The highest BCUT2D eigenvalue weighted by Crippen LogP contribution is 2.32. The summed E-state index contributed by atoms with van der Waals surface area (Å²) < 4.78 is 7.83. The predicted molar refractivity (Wildman–Crippen MR) is 169 cm³/mol.